The van der Waals surface area contributed by atoms with Gasteiger partial charge in [0, 0.05) is 22.9 Å². The van der Waals surface area contributed by atoms with Crippen LogP contribution in [0.2, 0.25) is 0 Å². The lowest BCUT2D eigenvalue weighted by Gasteiger charge is -2.09. The van der Waals surface area contributed by atoms with Crippen LogP contribution in [-0.2, 0) is 6.54 Å². The summed E-state index contributed by atoms with van der Waals surface area (Å²) in [5.41, 5.74) is 9.08. The average Bonchev–Trinajstić information content (AvgIpc) is 3.34. The maximum Gasteiger partial charge on any atom is 0.411 e. The Bertz CT molecular complexity index is 1630. The highest BCUT2D eigenvalue weighted by atomic mass is 19.1. The SMILES string of the molecule is Cc1ocnc1Cn1nc2c(-c3c[nH]c(=O)c(C)c3)c(-c3ccc(F)cc3)[nH+]c(N)n2c1=O. The summed E-state index contributed by atoms with van der Waals surface area (Å²) in [5.74, 6) is 0.224. The molecule has 0 fully saturated rings. The number of anilines is 1. The number of hydrogen-bond acceptors (Lipinski definition) is 6. The van der Waals surface area contributed by atoms with Gasteiger partial charge in [-0.2, -0.15) is 4.68 Å². The van der Waals surface area contributed by atoms with Crippen molar-refractivity contribution in [3.05, 3.63) is 86.6 Å². The fraction of sp³-hybridized carbons (Fsp3) is 0.136. The van der Waals surface area contributed by atoms with E-state index in [4.69, 9.17) is 10.2 Å². The second-order valence-electron chi connectivity index (χ2n) is 7.62. The summed E-state index contributed by atoms with van der Waals surface area (Å²) in [4.78, 5) is 35.0. The number of aryl methyl sites for hydroxylation is 2. The van der Waals surface area contributed by atoms with Crippen LogP contribution in [0.15, 0.2) is 56.9 Å². The van der Waals surface area contributed by atoms with Crippen molar-refractivity contribution in [2.45, 2.75) is 20.4 Å². The van der Waals surface area contributed by atoms with Crippen LogP contribution in [-0.4, -0.2) is 24.1 Å². The fourth-order valence-electron chi connectivity index (χ4n) is 3.72. The summed E-state index contributed by atoms with van der Waals surface area (Å²) in [7, 11) is 0. The van der Waals surface area contributed by atoms with Crippen LogP contribution >= 0.6 is 0 Å². The van der Waals surface area contributed by atoms with E-state index >= 15 is 0 Å². The second kappa shape index (κ2) is 7.55. The van der Waals surface area contributed by atoms with Gasteiger partial charge in [0.05, 0.1) is 12.1 Å². The van der Waals surface area contributed by atoms with Crippen molar-refractivity contribution < 1.29 is 13.8 Å². The summed E-state index contributed by atoms with van der Waals surface area (Å²) in [6.45, 7) is 3.50. The highest BCUT2D eigenvalue weighted by Gasteiger charge is 2.26. The van der Waals surface area contributed by atoms with Crippen molar-refractivity contribution >= 4 is 11.6 Å². The molecule has 0 saturated carbocycles. The van der Waals surface area contributed by atoms with Crippen LogP contribution in [0.4, 0.5) is 10.3 Å². The zero-order valence-electron chi connectivity index (χ0n) is 17.7. The molecule has 5 rings (SSSR count). The Balaban J connectivity index is 1.84. The minimum atomic E-state index is -0.478. The first-order valence-electron chi connectivity index (χ1n) is 10.0. The largest absolute Gasteiger partial charge is 0.448 e. The standard InChI is InChI=1S/C22H18FN7O3/c1-11-7-14(8-25-20(11)31)17-18(13-3-5-15(23)6-4-13)27-21(24)30-19(17)28-29(22(30)32)9-16-12(2)33-10-26-16/h3-8,10H,9H2,1-2H3,(H2,24,27)(H,25,31)/p+1. The van der Waals surface area contributed by atoms with Crippen molar-refractivity contribution in [3.8, 4) is 22.4 Å². The van der Waals surface area contributed by atoms with Crippen LogP contribution in [0.3, 0.4) is 0 Å². The van der Waals surface area contributed by atoms with Crippen LogP contribution in [0.1, 0.15) is 17.0 Å². The van der Waals surface area contributed by atoms with E-state index in [1.807, 2.05) is 0 Å². The Labute approximate surface area is 185 Å². The van der Waals surface area contributed by atoms with E-state index in [-0.39, 0.29) is 23.7 Å². The van der Waals surface area contributed by atoms with Crippen LogP contribution in [0, 0.1) is 19.7 Å². The van der Waals surface area contributed by atoms with Gasteiger partial charge in [-0.3, -0.25) is 10.5 Å². The van der Waals surface area contributed by atoms with Gasteiger partial charge in [-0.1, -0.05) is 0 Å². The molecule has 0 aliphatic heterocycles. The number of pyridine rings is 1. The quantitative estimate of drug-likeness (QED) is 0.429. The third-order valence-electron chi connectivity index (χ3n) is 5.46. The van der Waals surface area contributed by atoms with Crippen LogP contribution in [0.5, 0.6) is 0 Å². The molecule has 0 unspecified atom stereocenters. The molecule has 1 aromatic carbocycles. The Kier molecular flexibility index (Phi) is 4.66. The van der Waals surface area contributed by atoms with Gasteiger partial charge in [-0.15, -0.1) is 9.50 Å². The lowest BCUT2D eigenvalue weighted by atomic mass is 10.0. The number of hydrogen-bond donors (Lipinski definition) is 2. The number of nitrogens with one attached hydrogen (secondary N) is 2. The molecule has 0 radical (unpaired) electrons. The van der Waals surface area contributed by atoms with Crippen molar-refractivity contribution in [1.29, 1.82) is 0 Å². The number of H-pyrrole nitrogens is 2. The molecule has 166 valence electrons. The number of oxazole rings is 1. The smallest absolute Gasteiger partial charge is 0.411 e. The predicted octanol–water partition coefficient (Wildman–Crippen LogP) is 1.71. The number of aromatic amines is 2. The second-order valence-corrected chi connectivity index (χ2v) is 7.62. The van der Waals surface area contributed by atoms with Crippen molar-refractivity contribution in [2.24, 2.45) is 0 Å². The summed E-state index contributed by atoms with van der Waals surface area (Å²) < 4.78 is 21.3. The summed E-state index contributed by atoms with van der Waals surface area (Å²) in [5, 5.41) is 4.54. The Morgan fingerprint density at radius 1 is 1.18 bits per heavy atom. The van der Waals surface area contributed by atoms with E-state index < -0.39 is 11.5 Å². The van der Waals surface area contributed by atoms with Gasteiger partial charge in [0.2, 0.25) is 5.65 Å². The molecule has 11 heteroatoms. The molecule has 4 N–H and O–H groups in total. The van der Waals surface area contributed by atoms with Crippen molar-refractivity contribution in [1.82, 2.24) is 24.1 Å². The Hall–Kier alpha value is -4.54. The molecule has 0 amide bonds. The fourth-order valence-corrected chi connectivity index (χ4v) is 3.72. The maximum atomic E-state index is 13.6. The monoisotopic (exact) mass is 448 g/mol. The highest BCUT2D eigenvalue weighted by molar-refractivity contribution is 5.88. The molecule has 0 aliphatic carbocycles. The number of nitrogens with zero attached hydrogens (tertiary/aromatic N) is 4. The lowest BCUT2D eigenvalue weighted by Crippen LogP contribution is -2.28. The number of benzene rings is 1. The van der Waals surface area contributed by atoms with Gasteiger partial charge in [0.25, 0.3) is 5.56 Å². The third-order valence-corrected chi connectivity index (χ3v) is 5.46. The van der Waals surface area contributed by atoms with Crippen LogP contribution < -0.4 is 22.0 Å². The normalized spacial score (nSPS) is 11.4. The number of nitrogen functional groups attached to an aromatic ring is 1. The van der Waals surface area contributed by atoms with E-state index in [1.54, 1.807) is 32.0 Å². The van der Waals surface area contributed by atoms with Gasteiger partial charge in [0.1, 0.15) is 23.0 Å². The number of nitrogens with two attached hydrogens (primary N) is 1. The number of halogens is 1. The molecule has 0 atom stereocenters. The molecule has 4 heterocycles. The van der Waals surface area contributed by atoms with E-state index in [9.17, 15) is 14.0 Å². The first-order valence-corrected chi connectivity index (χ1v) is 10.0. The molecule has 0 aliphatic rings. The first kappa shape index (κ1) is 20.4. The van der Waals surface area contributed by atoms with E-state index in [0.717, 1.165) is 0 Å². The van der Waals surface area contributed by atoms with Gasteiger partial charge < -0.3 is 9.40 Å². The minimum absolute atomic E-state index is 0.0438. The molecule has 0 saturated heterocycles. The Morgan fingerprint density at radius 2 is 1.94 bits per heavy atom. The highest BCUT2D eigenvalue weighted by Crippen LogP contribution is 2.32. The zero-order valence-corrected chi connectivity index (χ0v) is 17.7. The van der Waals surface area contributed by atoms with Gasteiger partial charge in [-0.05, 0) is 44.2 Å². The average molecular weight is 448 g/mol. The number of aromatic nitrogens is 6. The number of fused-ring (bicyclic) bond motifs is 1. The first-order chi connectivity index (χ1) is 15.8. The molecule has 0 bridgehead atoms. The van der Waals surface area contributed by atoms with Crippen LogP contribution in [0.25, 0.3) is 28.0 Å². The van der Waals surface area contributed by atoms with Gasteiger partial charge in [-0.25, -0.2) is 19.2 Å². The Morgan fingerprint density at radius 3 is 2.61 bits per heavy atom. The minimum Gasteiger partial charge on any atom is -0.448 e. The van der Waals surface area contributed by atoms with Gasteiger partial charge >= 0.3 is 11.6 Å². The lowest BCUT2D eigenvalue weighted by molar-refractivity contribution is -0.351. The molecular formula is C22H19FN7O3+. The third kappa shape index (κ3) is 3.39. The molecule has 5 aromatic rings. The summed E-state index contributed by atoms with van der Waals surface area (Å²) >= 11 is 0. The van der Waals surface area contributed by atoms with E-state index in [0.29, 0.717) is 39.4 Å². The maximum absolute atomic E-state index is 13.6. The summed E-state index contributed by atoms with van der Waals surface area (Å²) in [6, 6.07) is 7.52. The molecule has 0 spiro atoms. The van der Waals surface area contributed by atoms with Crippen molar-refractivity contribution in [3.63, 3.8) is 0 Å². The zero-order chi connectivity index (χ0) is 23.3. The molecule has 10 nitrogen and oxygen atoms in total. The predicted molar refractivity (Wildman–Crippen MR) is 117 cm³/mol. The molecule has 33 heavy (non-hydrogen) atoms. The molecule has 4 aromatic heterocycles. The van der Waals surface area contributed by atoms with Gasteiger partial charge in [0.15, 0.2) is 6.39 Å². The van der Waals surface area contributed by atoms with E-state index in [2.05, 4.69) is 20.1 Å². The topological polar surface area (TPSA) is 138 Å². The molecular weight excluding hydrogens is 429 g/mol. The number of rotatable bonds is 4. The summed E-state index contributed by atoms with van der Waals surface area (Å²) in [6.07, 6.45) is 2.84. The van der Waals surface area contributed by atoms with Crippen molar-refractivity contribution in [2.75, 3.05) is 5.73 Å². The van der Waals surface area contributed by atoms with E-state index in [1.165, 1.54) is 33.8 Å².